The fraction of sp³-hybridized carbons (Fsp3) is 0.375. The van der Waals surface area contributed by atoms with Crippen LogP contribution in [0.4, 0.5) is 5.69 Å². The Kier molecular flexibility index (Phi) is 5.33. The van der Waals surface area contributed by atoms with Gasteiger partial charge in [-0.15, -0.1) is 0 Å². The molecule has 0 bridgehead atoms. The van der Waals surface area contributed by atoms with Crippen molar-refractivity contribution in [2.24, 2.45) is 0 Å². The number of likely N-dealkylation sites (tertiary alicyclic amines) is 1. The van der Waals surface area contributed by atoms with Crippen molar-refractivity contribution in [3.63, 3.8) is 0 Å². The molecule has 0 unspecified atom stereocenters. The van der Waals surface area contributed by atoms with Gasteiger partial charge in [0.15, 0.2) is 11.3 Å². The first-order valence-corrected chi connectivity index (χ1v) is 12.0. The maximum Gasteiger partial charge on any atom is 0.289 e. The lowest BCUT2D eigenvalue weighted by Crippen LogP contribution is -2.27. The first kappa shape index (κ1) is 21.4. The lowest BCUT2D eigenvalue weighted by atomic mass is 10.0. The molecule has 2 heterocycles. The van der Waals surface area contributed by atoms with Crippen molar-refractivity contribution < 1.29 is 17.6 Å². The maximum absolute atomic E-state index is 13.6. The molecule has 4 rings (SSSR count). The number of carbonyl (C=O) groups is 1. The molecule has 1 aliphatic heterocycles. The third-order valence-electron chi connectivity index (χ3n) is 6.27. The van der Waals surface area contributed by atoms with Gasteiger partial charge in [0.1, 0.15) is 4.90 Å². The van der Waals surface area contributed by atoms with Gasteiger partial charge in [0, 0.05) is 24.0 Å². The van der Waals surface area contributed by atoms with E-state index in [4.69, 9.17) is 4.42 Å². The highest BCUT2D eigenvalue weighted by molar-refractivity contribution is 7.93. The number of carbonyl (C=O) groups excluding carboxylic acids is 1. The number of nitrogens with zero attached hydrogens (tertiary/aromatic N) is 1. The number of rotatable bonds is 4. The van der Waals surface area contributed by atoms with Gasteiger partial charge in [0.25, 0.3) is 15.9 Å². The van der Waals surface area contributed by atoms with E-state index in [0.717, 1.165) is 29.5 Å². The van der Waals surface area contributed by atoms with Crippen molar-refractivity contribution in [3.05, 3.63) is 57.8 Å². The minimum absolute atomic E-state index is 0.0914. The Balaban J connectivity index is 1.90. The lowest BCUT2D eigenvalue weighted by molar-refractivity contribution is 0.0762. The monoisotopic (exact) mass is 440 g/mol. The summed E-state index contributed by atoms with van der Waals surface area (Å²) in [5.74, 6) is 0.0537. The highest BCUT2D eigenvalue weighted by atomic mass is 32.2. The fourth-order valence-electron chi connectivity index (χ4n) is 4.30. The molecule has 1 N–H and O–H groups in total. The summed E-state index contributed by atoms with van der Waals surface area (Å²) >= 11 is 0. The topological polar surface area (TPSA) is 79.6 Å². The van der Waals surface area contributed by atoms with Gasteiger partial charge in [0.05, 0.1) is 5.69 Å². The predicted molar refractivity (Wildman–Crippen MR) is 122 cm³/mol. The molecule has 6 nitrogen and oxygen atoms in total. The Morgan fingerprint density at radius 2 is 1.58 bits per heavy atom. The first-order chi connectivity index (χ1) is 14.6. The molecule has 0 spiro atoms. The minimum Gasteiger partial charge on any atom is -0.449 e. The number of benzene rings is 2. The number of fused-ring (bicyclic) bond motifs is 1. The molecular weight excluding hydrogens is 412 g/mol. The van der Waals surface area contributed by atoms with E-state index < -0.39 is 10.0 Å². The van der Waals surface area contributed by atoms with Gasteiger partial charge in [0.2, 0.25) is 0 Å². The van der Waals surface area contributed by atoms with Crippen molar-refractivity contribution in [2.75, 3.05) is 17.8 Å². The lowest BCUT2D eigenvalue weighted by Gasteiger charge is -2.16. The number of hydrogen-bond acceptors (Lipinski definition) is 4. The third-order valence-corrected chi connectivity index (χ3v) is 7.77. The number of nitrogens with one attached hydrogen (secondary N) is 1. The zero-order valence-electron chi connectivity index (χ0n) is 18.6. The molecule has 1 saturated heterocycles. The van der Waals surface area contributed by atoms with Crippen molar-refractivity contribution >= 4 is 32.6 Å². The van der Waals surface area contributed by atoms with E-state index in [1.807, 2.05) is 52.0 Å². The summed E-state index contributed by atoms with van der Waals surface area (Å²) in [6.07, 6.45) is 1.95. The predicted octanol–water partition coefficient (Wildman–Crippen LogP) is 5.01. The second-order valence-electron chi connectivity index (χ2n) is 8.45. The van der Waals surface area contributed by atoms with E-state index in [-0.39, 0.29) is 22.1 Å². The highest BCUT2D eigenvalue weighted by Gasteiger charge is 2.30. The molecule has 2 aromatic carbocycles. The van der Waals surface area contributed by atoms with Crippen LogP contribution in [0.5, 0.6) is 0 Å². The molecule has 31 heavy (non-hydrogen) atoms. The van der Waals surface area contributed by atoms with Crippen LogP contribution >= 0.6 is 0 Å². The largest absolute Gasteiger partial charge is 0.449 e. The maximum atomic E-state index is 13.6. The average molecular weight is 441 g/mol. The zero-order chi connectivity index (χ0) is 22.5. The van der Waals surface area contributed by atoms with Crippen molar-refractivity contribution in [1.29, 1.82) is 0 Å². The molecule has 1 aromatic heterocycles. The zero-order valence-corrected chi connectivity index (χ0v) is 19.4. The molecule has 7 heteroatoms. The second-order valence-corrected chi connectivity index (χ2v) is 10.1. The van der Waals surface area contributed by atoms with E-state index in [1.54, 1.807) is 11.8 Å². The second kappa shape index (κ2) is 7.71. The van der Waals surface area contributed by atoms with Gasteiger partial charge in [-0.2, -0.15) is 0 Å². The van der Waals surface area contributed by atoms with E-state index >= 15 is 0 Å². The van der Waals surface area contributed by atoms with Crippen LogP contribution in [0.2, 0.25) is 0 Å². The van der Waals surface area contributed by atoms with E-state index in [1.165, 1.54) is 0 Å². The Bertz CT molecular complexity index is 1280. The summed E-state index contributed by atoms with van der Waals surface area (Å²) in [7, 11) is -3.95. The average Bonchev–Trinajstić information content (AvgIpc) is 3.34. The molecular formula is C24H28N2O4S. The fourth-order valence-corrected chi connectivity index (χ4v) is 5.95. The molecule has 0 saturated carbocycles. The third kappa shape index (κ3) is 3.61. The number of hydrogen-bond donors (Lipinski definition) is 1. The Hall–Kier alpha value is -2.80. The van der Waals surface area contributed by atoms with Crippen LogP contribution in [-0.2, 0) is 10.0 Å². The van der Waals surface area contributed by atoms with Crippen LogP contribution < -0.4 is 4.72 Å². The van der Waals surface area contributed by atoms with Crippen LogP contribution in [0.3, 0.4) is 0 Å². The van der Waals surface area contributed by atoms with Crippen LogP contribution in [0.15, 0.2) is 33.6 Å². The smallest absolute Gasteiger partial charge is 0.289 e. The Morgan fingerprint density at radius 1 is 0.968 bits per heavy atom. The van der Waals surface area contributed by atoms with Gasteiger partial charge < -0.3 is 9.32 Å². The SMILES string of the molecule is Cc1cc2c(C)c(C(=O)N3CCCC3)oc2c(S(=O)(=O)Nc2c(C)cccc2C)c1C. The van der Waals surface area contributed by atoms with Gasteiger partial charge in [-0.1, -0.05) is 18.2 Å². The normalized spacial score (nSPS) is 14.4. The molecule has 3 aromatic rings. The Morgan fingerprint density at radius 3 is 2.19 bits per heavy atom. The van der Waals surface area contributed by atoms with Crippen molar-refractivity contribution in [2.45, 2.75) is 52.4 Å². The molecule has 0 radical (unpaired) electrons. The quantitative estimate of drug-likeness (QED) is 0.618. The van der Waals surface area contributed by atoms with E-state index in [0.29, 0.717) is 35.3 Å². The van der Waals surface area contributed by atoms with Crippen LogP contribution in [0.25, 0.3) is 11.0 Å². The summed E-state index contributed by atoms with van der Waals surface area (Å²) < 4.78 is 35.9. The molecule has 1 amide bonds. The number of aryl methyl sites for hydroxylation is 4. The van der Waals surface area contributed by atoms with Gasteiger partial charge >= 0.3 is 0 Å². The van der Waals surface area contributed by atoms with Crippen LogP contribution in [0.1, 0.15) is 51.2 Å². The van der Waals surface area contributed by atoms with Crippen LogP contribution in [-0.4, -0.2) is 32.3 Å². The number of furan rings is 1. The Labute approximate surface area is 183 Å². The molecule has 1 aliphatic rings. The summed E-state index contributed by atoms with van der Waals surface area (Å²) in [5.41, 5.74) is 4.60. The van der Waals surface area contributed by atoms with E-state index in [9.17, 15) is 13.2 Å². The highest BCUT2D eigenvalue weighted by Crippen LogP contribution is 2.36. The number of sulfonamides is 1. The standard InChI is InChI=1S/C24H28N2O4S/c1-14-9-8-10-15(2)20(14)25-31(28,29)23-17(4)16(3)13-19-18(5)21(30-22(19)23)24(27)26-11-6-7-12-26/h8-10,13,25H,6-7,11-12H2,1-5H3. The van der Waals surface area contributed by atoms with Crippen LogP contribution in [0, 0.1) is 34.6 Å². The molecule has 0 aliphatic carbocycles. The number of anilines is 1. The number of para-hydroxylation sites is 1. The summed E-state index contributed by atoms with van der Waals surface area (Å²) in [5, 5.41) is 0.660. The molecule has 164 valence electrons. The van der Waals surface area contributed by atoms with Gasteiger partial charge in [-0.05, 0) is 75.8 Å². The van der Waals surface area contributed by atoms with Crippen molar-refractivity contribution in [3.8, 4) is 0 Å². The van der Waals surface area contributed by atoms with E-state index in [2.05, 4.69) is 4.72 Å². The minimum atomic E-state index is -3.95. The van der Waals surface area contributed by atoms with Crippen molar-refractivity contribution in [1.82, 2.24) is 4.90 Å². The summed E-state index contributed by atoms with van der Waals surface area (Å²) in [6, 6.07) is 7.54. The summed E-state index contributed by atoms with van der Waals surface area (Å²) in [6.45, 7) is 10.6. The molecule has 0 atom stereocenters. The number of amides is 1. The first-order valence-electron chi connectivity index (χ1n) is 10.5. The summed E-state index contributed by atoms with van der Waals surface area (Å²) in [4.78, 5) is 14.9. The molecule has 1 fully saturated rings. The van der Waals surface area contributed by atoms with Gasteiger partial charge in [-0.3, -0.25) is 9.52 Å². The van der Waals surface area contributed by atoms with Gasteiger partial charge in [-0.25, -0.2) is 8.42 Å².